The molecule has 1 aromatic rings. The second-order valence-electron chi connectivity index (χ2n) is 2.35. The van der Waals surface area contributed by atoms with E-state index in [1.807, 2.05) is 0 Å². The zero-order valence-electron chi connectivity index (χ0n) is 5.91. The van der Waals surface area contributed by atoms with E-state index >= 15 is 0 Å². The van der Waals surface area contributed by atoms with Crippen LogP contribution in [0.1, 0.15) is 0 Å². The van der Waals surface area contributed by atoms with Crippen molar-refractivity contribution in [3.05, 3.63) is 21.1 Å². The van der Waals surface area contributed by atoms with Gasteiger partial charge in [-0.05, 0) is 31.9 Å². The first-order chi connectivity index (χ1) is 4.61. The maximum absolute atomic E-state index is 3.43. The molecule has 50 valence electrons. The van der Waals surface area contributed by atoms with Crippen LogP contribution in [0.5, 0.6) is 0 Å². The second-order valence-corrected chi connectivity index (χ2v) is 4.06. The monoisotopic (exact) mass is 258 g/mol. The first-order valence-corrected chi connectivity index (χ1v) is 4.62. The molecule has 0 radical (unpaired) electrons. The fourth-order valence-electron chi connectivity index (χ4n) is 0.746. The molecule has 0 amide bonds. The normalized spacial score (nSPS) is 9.80. The van der Waals surface area contributed by atoms with E-state index in [0.29, 0.717) is 0 Å². The van der Waals surface area contributed by atoms with Crippen LogP contribution in [0.3, 0.4) is 0 Å². The lowest BCUT2D eigenvalue weighted by molar-refractivity contribution is 1.66. The summed E-state index contributed by atoms with van der Waals surface area (Å²) in [6.45, 7) is 0. The Kier molecular flexibility index (Phi) is 2.64. The van der Waals surface area contributed by atoms with Crippen LogP contribution in [-0.4, -0.2) is 15.7 Å². The Labute approximate surface area is 79.5 Å². The molecule has 0 aliphatic rings. The molecule has 0 N–H and O–H groups in total. The standard InChI is InChI=1S/C6H6B2Br2/c7-3-1-5(9)6(10)2-4(3)8/h1-2H,7-8H2. The third kappa shape index (κ3) is 1.67. The summed E-state index contributed by atoms with van der Waals surface area (Å²) in [5.41, 5.74) is 2.63. The lowest BCUT2D eigenvalue weighted by Gasteiger charge is -2.01. The smallest absolute Gasteiger partial charge is 0.0940 e. The fourth-order valence-corrected chi connectivity index (χ4v) is 1.66. The molecule has 0 fully saturated rings. The average molecular weight is 260 g/mol. The number of halogens is 2. The quantitative estimate of drug-likeness (QED) is 0.563. The van der Waals surface area contributed by atoms with Gasteiger partial charge in [-0.15, -0.1) is 0 Å². The Morgan fingerprint density at radius 2 is 1.20 bits per heavy atom. The molecule has 0 atom stereocenters. The van der Waals surface area contributed by atoms with E-state index in [2.05, 4.69) is 59.7 Å². The molecule has 0 unspecified atom stereocenters. The highest BCUT2D eigenvalue weighted by Crippen LogP contribution is 2.19. The molecule has 4 heteroatoms. The van der Waals surface area contributed by atoms with Gasteiger partial charge in [-0.3, -0.25) is 0 Å². The Bertz CT molecular complexity index is 210. The molecular formula is C6H6B2Br2. The Hall–Kier alpha value is 0.310. The molecule has 0 nitrogen and oxygen atoms in total. The van der Waals surface area contributed by atoms with Crippen LogP contribution in [0.25, 0.3) is 0 Å². The van der Waals surface area contributed by atoms with Crippen LogP contribution in [0.4, 0.5) is 0 Å². The predicted molar refractivity (Wildman–Crippen MR) is 58.2 cm³/mol. The average Bonchev–Trinajstić information content (AvgIpc) is 1.84. The van der Waals surface area contributed by atoms with Gasteiger partial charge in [0.2, 0.25) is 0 Å². The number of rotatable bonds is 0. The summed E-state index contributed by atoms with van der Waals surface area (Å²) in [5, 5.41) is 0. The highest BCUT2D eigenvalue weighted by molar-refractivity contribution is 9.13. The summed E-state index contributed by atoms with van der Waals surface area (Å²) in [6, 6.07) is 4.22. The van der Waals surface area contributed by atoms with E-state index < -0.39 is 0 Å². The van der Waals surface area contributed by atoms with Crippen molar-refractivity contribution in [2.75, 3.05) is 0 Å². The molecule has 0 spiro atoms. The minimum Gasteiger partial charge on any atom is -0.0940 e. The number of hydrogen-bond acceptors (Lipinski definition) is 0. The molecule has 0 aliphatic carbocycles. The largest absolute Gasteiger partial charge is 0.138 e. The van der Waals surface area contributed by atoms with Gasteiger partial charge in [0, 0.05) is 8.95 Å². The first kappa shape index (κ1) is 8.41. The zero-order valence-corrected chi connectivity index (χ0v) is 9.08. The summed E-state index contributed by atoms with van der Waals surface area (Å²) in [5.74, 6) is 0. The van der Waals surface area contributed by atoms with Crippen molar-refractivity contribution < 1.29 is 0 Å². The molecule has 0 aliphatic heterocycles. The van der Waals surface area contributed by atoms with E-state index in [-0.39, 0.29) is 0 Å². The van der Waals surface area contributed by atoms with Crippen LogP contribution >= 0.6 is 31.9 Å². The van der Waals surface area contributed by atoms with Crippen molar-refractivity contribution in [3.8, 4) is 0 Å². The van der Waals surface area contributed by atoms with Gasteiger partial charge < -0.3 is 0 Å². The summed E-state index contributed by atoms with van der Waals surface area (Å²) in [4.78, 5) is 0. The lowest BCUT2D eigenvalue weighted by atomic mass is 9.81. The van der Waals surface area contributed by atoms with Crippen molar-refractivity contribution in [1.29, 1.82) is 0 Å². The van der Waals surface area contributed by atoms with Crippen LogP contribution in [-0.2, 0) is 0 Å². The molecule has 1 aromatic carbocycles. The van der Waals surface area contributed by atoms with Crippen LogP contribution < -0.4 is 10.9 Å². The van der Waals surface area contributed by atoms with E-state index in [4.69, 9.17) is 0 Å². The maximum atomic E-state index is 3.43. The molecule has 0 saturated carbocycles. The summed E-state index contributed by atoms with van der Waals surface area (Å²) >= 11 is 6.87. The van der Waals surface area contributed by atoms with Crippen LogP contribution in [0, 0.1) is 0 Å². The van der Waals surface area contributed by atoms with Gasteiger partial charge in [0.25, 0.3) is 0 Å². The first-order valence-electron chi connectivity index (χ1n) is 3.03. The van der Waals surface area contributed by atoms with E-state index in [9.17, 15) is 0 Å². The third-order valence-corrected chi connectivity index (χ3v) is 3.38. The van der Waals surface area contributed by atoms with Gasteiger partial charge in [0.15, 0.2) is 0 Å². The molecule has 0 bridgehead atoms. The molecule has 0 heterocycles. The van der Waals surface area contributed by atoms with Gasteiger partial charge in [-0.2, -0.15) is 0 Å². The Balaban J connectivity index is 3.28. The minimum atomic E-state index is 1.12. The van der Waals surface area contributed by atoms with Crippen molar-refractivity contribution in [1.82, 2.24) is 0 Å². The molecule has 0 aromatic heterocycles. The van der Waals surface area contributed by atoms with Gasteiger partial charge >= 0.3 is 0 Å². The molecule has 10 heavy (non-hydrogen) atoms. The third-order valence-electron chi connectivity index (χ3n) is 1.54. The van der Waals surface area contributed by atoms with Crippen molar-refractivity contribution in [2.24, 2.45) is 0 Å². The fraction of sp³-hybridized carbons (Fsp3) is 0. The SMILES string of the molecule is Bc1cc(Br)c(Br)cc1B. The molecule has 1 rings (SSSR count). The Morgan fingerprint density at radius 3 is 1.50 bits per heavy atom. The van der Waals surface area contributed by atoms with E-state index in [1.54, 1.807) is 0 Å². The zero-order chi connectivity index (χ0) is 7.72. The predicted octanol–water partition coefficient (Wildman–Crippen LogP) is -0.272. The molecule has 0 saturated heterocycles. The van der Waals surface area contributed by atoms with Gasteiger partial charge in [-0.25, -0.2) is 0 Å². The maximum Gasteiger partial charge on any atom is 0.138 e. The topological polar surface area (TPSA) is 0 Å². The van der Waals surface area contributed by atoms with Crippen molar-refractivity contribution in [2.45, 2.75) is 0 Å². The van der Waals surface area contributed by atoms with Gasteiger partial charge in [0.05, 0.1) is 0 Å². The summed E-state index contributed by atoms with van der Waals surface area (Å²) in [6.07, 6.45) is 0. The summed E-state index contributed by atoms with van der Waals surface area (Å²) in [7, 11) is 4.21. The summed E-state index contributed by atoms with van der Waals surface area (Å²) < 4.78 is 2.24. The molecular weight excluding hydrogens is 253 g/mol. The number of benzene rings is 1. The second kappa shape index (κ2) is 3.14. The Morgan fingerprint density at radius 1 is 0.900 bits per heavy atom. The van der Waals surface area contributed by atoms with Crippen molar-refractivity contribution in [3.63, 3.8) is 0 Å². The highest BCUT2D eigenvalue weighted by atomic mass is 79.9. The van der Waals surface area contributed by atoms with Gasteiger partial charge in [0.1, 0.15) is 15.7 Å². The van der Waals surface area contributed by atoms with E-state index in [0.717, 1.165) is 8.95 Å². The van der Waals surface area contributed by atoms with Crippen LogP contribution in [0.15, 0.2) is 21.1 Å². The van der Waals surface area contributed by atoms with Crippen molar-refractivity contribution >= 4 is 58.5 Å². The van der Waals surface area contributed by atoms with E-state index in [1.165, 1.54) is 10.9 Å². The lowest BCUT2D eigenvalue weighted by Crippen LogP contribution is -2.25. The number of hydrogen-bond donors (Lipinski definition) is 0. The van der Waals surface area contributed by atoms with Gasteiger partial charge in [-0.1, -0.05) is 23.1 Å². The highest BCUT2D eigenvalue weighted by Gasteiger charge is 1.97. The van der Waals surface area contributed by atoms with Crippen LogP contribution in [0.2, 0.25) is 0 Å². The minimum absolute atomic E-state index is 1.12.